The van der Waals surface area contributed by atoms with E-state index in [0.717, 1.165) is 37.1 Å². The highest BCUT2D eigenvalue weighted by Crippen LogP contribution is 2.22. The Morgan fingerprint density at radius 2 is 1.95 bits per heavy atom. The number of allylic oxidation sites excluding steroid dienone is 2. The Balaban J connectivity index is 3.01. The second-order valence-electron chi connectivity index (χ2n) is 4.86. The zero-order chi connectivity index (χ0) is 15.0. The normalized spacial score (nSPS) is 9.55. The molecule has 106 valence electrons. The largest absolute Gasteiger partial charge is 0.378 e. The summed E-state index contributed by atoms with van der Waals surface area (Å²) in [6.45, 7) is 14.7. The minimum atomic E-state index is 0.819. The van der Waals surface area contributed by atoms with Gasteiger partial charge >= 0.3 is 0 Å². The van der Waals surface area contributed by atoms with E-state index >= 15 is 0 Å². The number of benzene rings is 1. The van der Waals surface area contributed by atoms with Crippen molar-refractivity contribution in [1.29, 1.82) is 0 Å². The lowest BCUT2D eigenvalue weighted by Crippen LogP contribution is -2.14. The first-order valence-corrected chi connectivity index (χ1v) is 7.28. The summed E-state index contributed by atoms with van der Waals surface area (Å²) in [5, 5.41) is 3.44. The monoisotopic (exact) mass is 267 g/mol. The Kier molecular flexibility index (Phi) is 6.67. The molecule has 0 bridgehead atoms. The molecule has 1 aromatic rings. The molecule has 1 N–H and O–H groups in total. The third kappa shape index (κ3) is 4.03. The Labute approximate surface area is 123 Å². The maximum atomic E-state index is 3.75. The summed E-state index contributed by atoms with van der Waals surface area (Å²) in [6, 6.07) is 6.42. The van der Waals surface area contributed by atoms with Gasteiger partial charge in [-0.2, -0.15) is 0 Å². The molecule has 1 nitrogen and oxygen atoms in total. The minimum absolute atomic E-state index is 0.819. The van der Waals surface area contributed by atoms with Crippen LogP contribution in [0, 0.1) is 0 Å². The molecule has 1 heteroatoms. The first-order chi connectivity index (χ1) is 9.67. The zero-order valence-electron chi connectivity index (χ0n) is 13.0. The lowest BCUT2D eigenvalue weighted by molar-refractivity contribution is 0.733. The van der Waals surface area contributed by atoms with Crippen molar-refractivity contribution < 1.29 is 0 Å². The molecule has 0 heterocycles. The van der Waals surface area contributed by atoms with Gasteiger partial charge in [0, 0.05) is 6.54 Å². The van der Waals surface area contributed by atoms with Crippen molar-refractivity contribution in [2.75, 3.05) is 0 Å². The summed E-state index contributed by atoms with van der Waals surface area (Å²) in [5.41, 5.74) is 12.1. The van der Waals surface area contributed by atoms with Crippen LogP contribution in [0.4, 0.5) is 0 Å². The summed E-state index contributed by atoms with van der Waals surface area (Å²) in [5.74, 6) is 0. The van der Waals surface area contributed by atoms with Crippen molar-refractivity contribution in [2.24, 2.45) is 0 Å². The molecule has 0 atom stereocenters. The lowest BCUT2D eigenvalue weighted by atomic mass is 9.94. The molecule has 0 spiro atoms. The van der Waals surface area contributed by atoms with Gasteiger partial charge in [-0.25, -0.2) is 0 Å². The number of nitrogens with one attached hydrogen (secondary N) is 1. The predicted octanol–water partition coefficient (Wildman–Crippen LogP) is 5.00. The van der Waals surface area contributed by atoms with Gasteiger partial charge in [0.15, 0.2) is 0 Å². The average molecular weight is 267 g/mol. The molecule has 0 aromatic heterocycles. The van der Waals surface area contributed by atoms with Gasteiger partial charge in [0.25, 0.3) is 0 Å². The first kappa shape index (κ1) is 16.1. The summed E-state index contributed by atoms with van der Waals surface area (Å²) in [7, 11) is 0. The second kappa shape index (κ2) is 8.27. The predicted molar refractivity (Wildman–Crippen MR) is 88.4 cm³/mol. The molecule has 1 rings (SSSR count). The van der Waals surface area contributed by atoms with E-state index < -0.39 is 0 Å². The van der Waals surface area contributed by atoms with E-state index in [1.165, 1.54) is 16.7 Å². The molecule has 0 saturated carbocycles. The molecule has 0 aliphatic heterocycles. The lowest BCUT2D eigenvalue weighted by Gasteiger charge is -2.15. The standard InChI is InChI=1S/C19H25N/c1-6-11-17(8-3)20-14-16-12-10-13-19(15(5)7-2)18(16)9-4/h10,12-13,20H,2-3,6,9,11,14H2,1,4-5H3. The summed E-state index contributed by atoms with van der Waals surface area (Å²) < 4.78 is 0. The van der Waals surface area contributed by atoms with Gasteiger partial charge in [0.1, 0.15) is 0 Å². The van der Waals surface area contributed by atoms with Gasteiger partial charge in [-0.1, -0.05) is 51.6 Å². The molecule has 0 unspecified atom stereocenters. The molecule has 0 aliphatic rings. The Morgan fingerprint density at radius 3 is 2.50 bits per heavy atom. The van der Waals surface area contributed by atoms with Crippen molar-refractivity contribution in [3.63, 3.8) is 0 Å². The molecular weight excluding hydrogens is 242 g/mol. The van der Waals surface area contributed by atoms with E-state index in [0.29, 0.717) is 0 Å². The van der Waals surface area contributed by atoms with Crippen molar-refractivity contribution in [2.45, 2.75) is 46.6 Å². The van der Waals surface area contributed by atoms with E-state index in [-0.39, 0.29) is 0 Å². The summed E-state index contributed by atoms with van der Waals surface area (Å²) >= 11 is 0. The molecular formula is C19H25N. The third-order valence-electron chi connectivity index (χ3n) is 3.50. The molecule has 1 aromatic carbocycles. The van der Waals surface area contributed by atoms with Gasteiger partial charge in [0.2, 0.25) is 0 Å². The van der Waals surface area contributed by atoms with E-state index in [4.69, 9.17) is 0 Å². The molecule has 0 amide bonds. The fraction of sp³-hybridized carbons (Fsp3) is 0.368. The fourth-order valence-corrected chi connectivity index (χ4v) is 2.36. The van der Waals surface area contributed by atoms with Crippen LogP contribution in [0.2, 0.25) is 0 Å². The van der Waals surface area contributed by atoms with Gasteiger partial charge in [-0.15, -0.1) is 11.5 Å². The maximum Gasteiger partial charge on any atom is 0.0534 e. The summed E-state index contributed by atoms with van der Waals surface area (Å²) in [6.07, 6.45) is 3.10. The summed E-state index contributed by atoms with van der Waals surface area (Å²) in [4.78, 5) is 0. The average Bonchev–Trinajstić information content (AvgIpc) is 2.49. The van der Waals surface area contributed by atoms with Crippen molar-refractivity contribution in [1.82, 2.24) is 5.32 Å². The minimum Gasteiger partial charge on any atom is -0.378 e. The first-order valence-electron chi connectivity index (χ1n) is 7.28. The zero-order valence-corrected chi connectivity index (χ0v) is 13.0. The second-order valence-corrected chi connectivity index (χ2v) is 4.86. The van der Waals surface area contributed by atoms with Crippen LogP contribution in [0.5, 0.6) is 0 Å². The third-order valence-corrected chi connectivity index (χ3v) is 3.50. The molecule has 20 heavy (non-hydrogen) atoms. The molecule has 0 radical (unpaired) electrons. The Bertz CT molecular complexity index is 553. The Hall–Kier alpha value is -1.94. The number of rotatable bonds is 7. The van der Waals surface area contributed by atoms with Gasteiger partial charge in [0.05, 0.1) is 5.70 Å². The van der Waals surface area contributed by atoms with Crippen LogP contribution in [0.3, 0.4) is 0 Å². The van der Waals surface area contributed by atoms with E-state index in [1.807, 2.05) is 0 Å². The highest BCUT2D eigenvalue weighted by molar-refractivity contribution is 5.67. The van der Waals surface area contributed by atoms with Gasteiger partial charge in [-0.05, 0) is 42.0 Å². The molecule has 0 saturated heterocycles. The molecule has 0 fully saturated rings. The van der Waals surface area contributed by atoms with Crippen LogP contribution < -0.4 is 5.32 Å². The van der Waals surface area contributed by atoms with E-state index in [9.17, 15) is 0 Å². The molecule has 0 aliphatic carbocycles. The highest BCUT2D eigenvalue weighted by Gasteiger charge is 2.08. The van der Waals surface area contributed by atoms with Crippen LogP contribution in [-0.2, 0) is 13.0 Å². The number of hydrogen-bond donors (Lipinski definition) is 1. The van der Waals surface area contributed by atoms with Crippen LogP contribution >= 0.6 is 0 Å². The number of hydrogen-bond acceptors (Lipinski definition) is 1. The topological polar surface area (TPSA) is 12.0 Å². The fourth-order valence-electron chi connectivity index (χ4n) is 2.36. The van der Waals surface area contributed by atoms with Gasteiger partial charge < -0.3 is 5.32 Å². The van der Waals surface area contributed by atoms with Crippen molar-refractivity contribution in [3.05, 3.63) is 65.2 Å². The van der Waals surface area contributed by atoms with Crippen molar-refractivity contribution in [3.8, 4) is 0 Å². The van der Waals surface area contributed by atoms with Crippen LogP contribution in [0.15, 0.2) is 48.5 Å². The van der Waals surface area contributed by atoms with Crippen molar-refractivity contribution >= 4 is 5.57 Å². The maximum absolute atomic E-state index is 3.75. The van der Waals surface area contributed by atoms with E-state index in [2.05, 4.69) is 68.9 Å². The van der Waals surface area contributed by atoms with Crippen LogP contribution in [-0.4, -0.2) is 0 Å². The SMILES string of the molecule is C=C=C(CCC)NCc1cccc(C(C)=C=C)c1CC. The smallest absolute Gasteiger partial charge is 0.0534 e. The quantitative estimate of drug-likeness (QED) is 0.686. The van der Waals surface area contributed by atoms with Crippen LogP contribution in [0.25, 0.3) is 5.57 Å². The Morgan fingerprint density at radius 1 is 1.20 bits per heavy atom. The van der Waals surface area contributed by atoms with E-state index in [1.54, 1.807) is 0 Å². The van der Waals surface area contributed by atoms with Gasteiger partial charge in [-0.3, -0.25) is 0 Å². The van der Waals surface area contributed by atoms with Crippen LogP contribution in [0.1, 0.15) is 50.3 Å². The highest BCUT2D eigenvalue weighted by atomic mass is 14.9.